The Hall–Kier alpha value is -1.18. The van der Waals surface area contributed by atoms with Gasteiger partial charge in [-0.3, -0.25) is 0 Å². The van der Waals surface area contributed by atoms with E-state index in [0.717, 1.165) is 24.0 Å². The van der Waals surface area contributed by atoms with Crippen molar-refractivity contribution >= 4 is 0 Å². The van der Waals surface area contributed by atoms with Crippen molar-refractivity contribution in [1.29, 1.82) is 0 Å². The molecule has 6 nitrogen and oxygen atoms in total. The van der Waals surface area contributed by atoms with E-state index in [9.17, 15) is 0 Å². The first-order chi connectivity index (χ1) is 11.3. The third-order valence-corrected chi connectivity index (χ3v) is 2.42. The molecule has 136 valence electrons. The van der Waals surface area contributed by atoms with Crippen LogP contribution in [0.4, 0.5) is 0 Å². The van der Waals surface area contributed by atoms with Gasteiger partial charge in [-0.25, -0.2) is 0 Å². The summed E-state index contributed by atoms with van der Waals surface area (Å²) in [5, 5.41) is 16.1. The molecule has 0 unspecified atom stereocenters. The Balaban J connectivity index is 0. The number of hydrogen-bond donors (Lipinski definition) is 3. The summed E-state index contributed by atoms with van der Waals surface area (Å²) in [5.41, 5.74) is 7.21. The lowest BCUT2D eigenvalue weighted by molar-refractivity contribution is 0.0388. The maximum absolute atomic E-state index is 9.10. The molecule has 6 heteroatoms. The Morgan fingerprint density at radius 2 is 1.48 bits per heavy atom. The molecule has 0 aromatic heterocycles. The standard InChI is InChI=1S/C14H23NO4.C2H6.CH4O/c1-12-8-13(11-16)10-14(9-12)19-7-6-18-5-4-17-3-2-15;2*1-2/h8-10,16H,2-7,11,15H2,1H3;1-2H3;2H,1H3. The summed E-state index contributed by atoms with van der Waals surface area (Å²) in [7, 11) is 1.00. The van der Waals surface area contributed by atoms with Gasteiger partial charge in [-0.05, 0) is 30.2 Å². The van der Waals surface area contributed by atoms with Crippen molar-refractivity contribution in [2.45, 2.75) is 27.4 Å². The van der Waals surface area contributed by atoms with Gasteiger partial charge in [-0.15, -0.1) is 0 Å². The van der Waals surface area contributed by atoms with Gasteiger partial charge in [0.15, 0.2) is 0 Å². The highest BCUT2D eigenvalue weighted by molar-refractivity contribution is 5.33. The molecular weight excluding hydrogens is 298 g/mol. The maximum atomic E-state index is 9.10. The molecule has 1 aromatic carbocycles. The van der Waals surface area contributed by atoms with E-state index in [0.29, 0.717) is 39.6 Å². The predicted octanol–water partition coefficient (Wildman–Crippen LogP) is 1.49. The van der Waals surface area contributed by atoms with E-state index in [2.05, 4.69) is 0 Å². The van der Waals surface area contributed by atoms with Gasteiger partial charge in [0, 0.05) is 13.7 Å². The second kappa shape index (κ2) is 18.9. The molecule has 4 N–H and O–H groups in total. The Morgan fingerprint density at radius 3 is 2.04 bits per heavy atom. The zero-order chi connectivity index (χ0) is 17.9. The van der Waals surface area contributed by atoms with E-state index in [-0.39, 0.29) is 6.61 Å². The topological polar surface area (TPSA) is 94.2 Å². The predicted molar refractivity (Wildman–Crippen MR) is 92.8 cm³/mol. The lowest BCUT2D eigenvalue weighted by atomic mass is 10.1. The lowest BCUT2D eigenvalue weighted by Crippen LogP contribution is -2.14. The van der Waals surface area contributed by atoms with Gasteiger partial charge >= 0.3 is 0 Å². The normalized spacial score (nSPS) is 9.35. The molecule has 0 atom stereocenters. The molecule has 0 fully saturated rings. The van der Waals surface area contributed by atoms with Crippen LogP contribution in [-0.4, -0.2) is 56.9 Å². The zero-order valence-corrected chi connectivity index (χ0v) is 14.9. The molecule has 0 saturated heterocycles. The second-order valence-electron chi connectivity index (χ2n) is 4.17. The van der Waals surface area contributed by atoms with Crippen molar-refractivity contribution in [2.24, 2.45) is 5.73 Å². The molecule has 0 heterocycles. The quantitative estimate of drug-likeness (QED) is 0.562. The number of ether oxygens (including phenoxy) is 3. The van der Waals surface area contributed by atoms with Crippen LogP contribution in [0.3, 0.4) is 0 Å². The molecule has 0 spiro atoms. The van der Waals surface area contributed by atoms with E-state index in [1.165, 1.54) is 0 Å². The van der Waals surface area contributed by atoms with Gasteiger partial charge in [0.1, 0.15) is 12.4 Å². The number of hydrogen-bond acceptors (Lipinski definition) is 6. The van der Waals surface area contributed by atoms with E-state index in [1.54, 1.807) is 0 Å². The third kappa shape index (κ3) is 14.2. The van der Waals surface area contributed by atoms with Gasteiger partial charge in [0.2, 0.25) is 0 Å². The maximum Gasteiger partial charge on any atom is 0.120 e. The smallest absolute Gasteiger partial charge is 0.120 e. The number of nitrogens with two attached hydrogens (primary N) is 1. The van der Waals surface area contributed by atoms with Gasteiger partial charge in [0.05, 0.1) is 33.0 Å². The van der Waals surface area contributed by atoms with Crippen molar-refractivity contribution in [3.8, 4) is 5.75 Å². The fourth-order valence-electron chi connectivity index (χ4n) is 1.62. The summed E-state index contributed by atoms with van der Waals surface area (Å²) < 4.78 is 16.1. The highest BCUT2D eigenvalue weighted by Gasteiger charge is 1.99. The molecule has 1 aromatic rings. The molecule has 1 rings (SSSR count). The highest BCUT2D eigenvalue weighted by atomic mass is 16.5. The van der Waals surface area contributed by atoms with Gasteiger partial charge in [0.25, 0.3) is 0 Å². The summed E-state index contributed by atoms with van der Waals surface area (Å²) in [5.74, 6) is 0.757. The van der Waals surface area contributed by atoms with Gasteiger partial charge < -0.3 is 30.2 Å². The van der Waals surface area contributed by atoms with Crippen molar-refractivity contribution in [2.75, 3.05) is 46.7 Å². The van der Waals surface area contributed by atoms with Crippen LogP contribution in [0.15, 0.2) is 18.2 Å². The molecule has 0 bridgehead atoms. The lowest BCUT2D eigenvalue weighted by Gasteiger charge is -2.09. The SMILES string of the molecule is CC.CO.Cc1cc(CO)cc(OCCOCCOCCN)c1. The Bertz CT molecular complexity index is 361. The molecule has 23 heavy (non-hydrogen) atoms. The van der Waals surface area contributed by atoms with Crippen molar-refractivity contribution in [3.63, 3.8) is 0 Å². The summed E-state index contributed by atoms with van der Waals surface area (Å²) in [6.07, 6.45) is 0. The van der Waals surface area contributed by atoms with Crippen LogP contribution in [0.25, 0.3) is 0 Å². The molecule has 0 radical (unpaired) electrons. The van der Waals surface area contributed by atoms with Crippen molar-refractivity contribution in [1.82, 2.24) is 0 Å². The monoisotopic (exact) mass is 331 g/mol. The van der Waals surface area contributed by atoms with Crippen LogP contribution >= 0.6 is 0 Å². The Labute approximate surface area is 140 Å². The van der Waals surface area contributed by atoms with Crippen LogP contribution < -0.4 is 10.5 Å². The van der Waals surface area contributed by atoms with Crippen molar-refractivity contribution < 1.29 is 24.4 Å². The van der Waals surface area contributed by atoms with E-state index >= 15 is 0 Å². The second-order valence-corrected chi connectivity index (χ2v) is 4.17. The third-order valence-electron chi connectivity index (χ3n) is 2.42. The van der Waals surface area contributed by atoms with Gasteiger partial charge in [-0.2, -0.15) is 0 Å². The fraction of sp³-hybridized carbons (Fsp3) is 0.647. The minimum Gasteiger partial charge on any atom is -0.491 e. The summed E-state index contributed by atoms with van der Waals surface area (Å²) >= 11 is 0. The van der Waals surface area contributed by atoms with Crippen LogP contribution in [-0.2, 0) is 16.1 Å². The molecule has 0 amide bonds. The highest BCUT2D eigenvalue weighted by Crippen LogP contribution is 2.16. The van der Waals surface area contributed by atoms with E-state index in [1.807, 2.05) is 39.0 Å². The first-order valence-corrected chi connectivity index (χ1v) is 7.90. The Morgan fingerprint density at radius 1 is 0.913 bits per heavy atom. The fourth-order valence-corrected chi connectivity index (χ4v) is 1.62. The molecule has 0 aliphatic rings. The minimum atomic E-state index is 0.0209. The average molecular weight is 331 g/mol. The van der Waals surface area contributed by atoms with E-state index < -0.39 is 0 Å². The number of aryl methyl sites for hydroxylation is 1. The minimum absolute atomic E-state index is 0.0209. The van der Waals surface area contributed by atoms with Crippen LogP contribution in [0.5, 0.6) is 5.75 Å². The molecular formula is C17H33NO5. The number of aliphatic hydroxyl groups is 2. The zero-order valence-electron chi connectivity index (χ0n) is 14.9. The van der Waals surface area contributed by atoms with Crippen molar-refractivity contribution in [3.05, 3.63) is 29.3 Å². The average Bonchev–Trinajstić information content (AvgIpc) is 2.60. The molecule has 0 saturated carbocycles. The summed E-state index contributed by atoms with van der Waals surface area (Å²) in [6, 6.07) is 5.69. The molecule has 0 aliphatic heterocycles. The molecule has 0 aliphatic carbocycles. The number of aliphatic hydroxyl groups excluding tert-OH is 2. The van der Waals surface area contributed by atoms with Crippen LogP contribution in [0.2, 0.25) is 0 Å². The van der Waals surface area contributed by atoms with Crippen LogP contribution in [0, 0.1) is 6.92 Å². The van der Waals surface area contributed by atoms with Gasteiger partial charge in [-0.1, -0.05) is 19.9 Å². The largest absolute Gasteiger partial charge is 0.491 e. The number of rotatable bonds is 10. The summed E-state index contributed by atoms with van der Waals surface area (Å²) in [6.45, 7) is 9.16. The summed E-state index contributed by atoms with van der Waals surface area (Å²) in [4.78, 5) is 0. The number of benzene rings is 1. The van der Waals surface area contributed by atoms with E-state index in [4.69, 9.17) is 30.2 Å². The first kappa shape index (κ1) is 24.1. The Kier molecular flexibility index (Phi) is 19.8. The van der Waals surface area contributed by atoms with Crippen LogP contribution in [0.1, 0.15) is 25.0 Å². The first-order valence-electron chi connectivity index (χ1n) is 7.90.